The lowest BCUT2D eigenvalue weighted by Gasteiger charge is -2.26. The second kappa shape index (κ2) is 15.3. The molecule has 1 rings (SSSR count). The highest BCUT2D eigenvalue weighted by molar-refractivity contribution is 5.73. The second-order valence-corrected chi connectivity index (χ2v) is 7.31. The van der Waals surface area contributed by atoms with Gasteiger partial charge in [-0.15, -0.1) is 0 Å². The molecule has 15 nitrogen and oxygen atoms in total. The Labute approximate surface area is 199 Å². The Hall–Kier alpha value is -3.66. The number of hydrogen-bond donors (Lipinski definition) is 4. The van der Waals surface area contributed by atoms with Crippen LogP contribution in [0.1, 0.15) is 11.7 Å². The van der Waals surface area contributed by atoms with Gasteiger partial charge in [0.2, 0.25) is 0 Å². The minimum atomic E-state index is -1.73. The zero-order valence-corrected chi connectivity index (χ0v) is 18.6. The average molecular weight is 501 g/mol. The first-order valence-electron chi connectivity index (χ1n) is 10.2. The molecule has 0 spiro atoms. The first-order chi connectivity index (χ1) is 16.5. The standard InChI is InChI=1S/C20H27N3O12/c24-17(25)9-21(10-18(26)27)6-7-34-13-16(23(32)33)35-15(14-4-2-1-3-5-14)8-22(11-19(28)29)12-20(30)31/h1-5,15-16H,6-13H2,(H,24,25)(H,26,27)(H,28,29)(H,30,31). The third-order valence-electron chi connectivity index (χ3n) is 4.40. The Kier molecular flexibility index (Phi) is 12.8. The normalized spacial score (nSPS) is 12.9. The fourth-order valence-corrected chi connectivity index (χ4v) is 3.01. The van der Waals surface area contributed by atoms with E-state index in [0.717, 1.165) is 9.80 Å². The fraction of sp³-hybridized carbons (Fsp3) is 0.500. The Balaban J connectivity index is 2.88. The first kappa shape index (κ1) is 29.4. The average Bonchev–Trinajstić information content (AvgIpc) is 2.73. The summed E-state index contributed by atoms with van der Waals surface area (Å²) in [4.78, 5) is 56.8. The van der Waals surface area contributed by atoms with E-state index >= 15 is 0 Å². The quantitative estimate of drug-likeness (QED) is 0.0798. The highest BCUT2D eigenvalue weighted by Gasteiger charge is 2.29. The maximum atomic E-state index is 11.6. The van der Waals surface area contributed by atoms with Crippen molar-refractivity contribution >= 4 is 23.9 Å². The molecule has 0 heterocycles. The second-order valence-electron chi connectivity index (χ2n) is 7.31. The summed E-state index contributed by atoms with van der Waals surface area (Å²) in [5.41, 5.74) is 0.439. The van der Waals surface area contributed by atoms with Crippen molar-refractivity contribution in [1.29, 1.82) is 0 Å². The largest absolute Gasteiger partial charge is 0.480 e. The van der Waals surface area contributed by atoms with Crippen LogP contribution < -0.4 is 0 Å². The van der Waals surface area contributed by atoms with Gasteiger partial charge in [0, 0.05) is 13.1 Å². The molecule has 0 aromatic heterocycles. The van der Waals surface area contributed by atoms with Gasteiger partial charge in [0.1, 0.15) is 12.7 Å². The van der Waals surface area contributed by atoms with Crippen LogP contribution in [0.15, 0.2) is 30.3 Å². The van der Waals surface area contributed by atoms with Crippen molar-refractivity contribution in [3.63, 3.8) is 0 Å². The summed E-state index contributed by atoms with van der Waals surface area (Å²) < 4.78 is 10.8. The number of carboxylic acid groups (broad SMARTS) is 4. The van der Waals surface area contributed by atoms with Gasteiger partial charge in [-0.2, -0.15) is 0 Å². The Morgan fingerprint density at radius 2 is 1.34 bits per heavy atom. The van der Waals surface area contributed by atoms with Gasteiger partial charge in [0.05, 0.1) is 37.7 Å². The van der Waals surface area contributed by atoms with Gasteiger partial charge in [-0.25, -0.2) is 0 Å². The lowest BCUT2D eigenvalue weighted by molar-refractivity contribution is -0.584. The molecule has 0 aliphatic rings. The molecule has 1 aromatic carbocycles. The molecule has 0 amide bonds. The summed E-state index contributed by atoms with van der Waals surface area (Å²) in [7, 11) is 0. The SMILES string of the molecule is O=C(O)CN(CCOCC(OC(CN(CC(=O)O)CC(=O)O)c1ccccc1)[N+](=O)[O-])CC(=O)O. The third kappa shape index (κ3) is 13.0. The highest BCUT2D eigenvalue weighted by atomic mass is 16.7. The third-order valence-corrected chi connectivity index (χ3v) is 4.40. The minimum absolute atomic E-state index is 0.129. The van der Waals surface area contributed by atoms with Gasteiger partial charge < -0.3 is 29.9 Å². The number of nitro groups is 1. The Morgan fingerprint density at radius 1 is 0.857 bits per heavy atom. The molecular formula is C20H27N3O12. The molecule has 0 aliphatic heterocycles. The van der Waals surface area contributed by atoms with Crippen LogP contribution >= 0.6 is 0 Å². The molecule has 0 saturated carbocycles. The summed E-state index contributed by atoms with van der Waals surface area (Å²) in [5.74, 6) is -5.09. The van der Waals surface area contributed by atoms with Crippen LogP contribution in [-0.4, -0.2) is 118 Å². The van der Waals surface area contributed by atoms with E-state index in [9.17, 15) is 29.3 Å². The molecule has 2 unspecified atom stereocenters. The number of aliphatic carboxylic acids is 4. The maximum absolute atomic E-state index is 11.6. The van der Waals surface area contributed by atoms with Crippen LogP contribution in [0.2, 0.25) is 0 Å². The summed E-state index contributed by atoms with van der Waals surface area (Å²) in [6.45, 7) is -3.62. The van der Waals surface area contributed by atoms with Gasteiger partial charge in [-0.3, -0.25) is 39.1 Å². The molecule has 1 aromatic rings. The van der Waals surface area contributed by atoms with E-state index in [2.05, 4.69) is 0 Å². The van der Waals surface area contributed by atoms with Gasteiger partial charge in [-0.05, 0) is 5.56 Å². The van der Waals surface area contributed by atoms with E-state index in [1.165, 1.54) is 0 Å². The fourth-order valence-electron chi connectivity index (χ4n) is 3.01. The number of carbonyl (C=O) groups is 4. The molecule has 35 heavy (non-hydrogen) atoms. The molecule has 2 atom stereocenters. The molecule has 0 radical (unpaired) electrons. The minimum Gasteiger partial charge on any atom is -0.480 e. The Bertz CT molecular complexity index is 834. The molecule has 0 bridgehead atoms. The van der Waals surface area contributed by atoms with E-state index in [4.69, 9.17) is 29.9 Å². The van der Waals surface area contributed by atoms with Crippen molar-refractivity contribution in [2.24, 2.45) is 0 Å². The monoisotopic (exact) mass is 501 g/mol. The van der Waals surface area contributed by atoms with Crippen LogP contribution in [-0.2, 0) is 28.7 Å². The van der Waals surface area contributed by atoms with Crippen molar-refractivity contribution in [2.75, 3.05) is 52.5 Å². The summed E-state index contributed by atoms with van der Waals surface area (Å²) >= 11 is 0. The molecule has 15 heteroatoms. The van der Waals surface area contributed by atoms with Gasteiger partial charge in [-0.1, -0.05) is 30.3 Å². The number of ether oxygens (including phenoxy) is 2. The highest BCUT2D eigenvalue weighted by Crippen LogP contribution is 2.21. The molecule has 0 fully saturated rings. The van der Waals surface area contributed by atoms with Gasteiger partial charge >= 0.3 is 30.1 Å². The summed E-state index contributed by atoms with van der Waals surface area (Å²) in [6.07, 6.45) is -2.81. The zero-order chi connectivity index (χ0) is 26.4. The zero-order valence-electron chi connectivity index (χ0n) is 18.6. The van der Waals surface area contributed by atoms with Crippen LogP contribution in [0.4, 0.5) is 0 Å². The van der Waals surface area contributed by atoms with Crippen LogP contribution in [0.25, 0.3) is 0 Å². The van der Waals surface area contributed by atoms with Crippen LogP contribution in [0, 0.1) is 10.1 Å². The van der Waals surface area contributed by atoms with E-state index in [-0.39, 0.29) is 19.7 Å². The van der Waals surface area contributed by atoms with Crippen molar-refractivity contribution in [3.8, 4) is 0 Å². The maximum Gasteiger partial charge on any atom is 0.339 e. The van der Waals surface area contributed by atoms with E-state index in [1.807, 2.05) is 0 Å². The topological polar surface area (TPSA) is 217 Å². The predicted octanol–water partition coefficient (Wildman–Crippen LogP) is -0.694. The van der Waals surface area contributed by atoms with E-state index in [1.54, 1.807) is 30.3 Å². The van der Waals surface area contributed by atoms with E-state index < -0.39 is 73.9 Å². The van der Waals surface area contributed by atoms with Crippen molar-refractivity contribution in [1.82, 2.24) is 9.80 Å². The van der Waals surface area contributed by atoms with Crippen molar-refractivity contribution in [2.45, 2.75) is 12.3 Å². The lowest BCUT2D eigenvalue weighted by Crippen LogP contribution is -2.40. The van der Waals surface area contributed by atoms with Crippen LogP contribution in [0.3, 0.4) is 0 Å². The van der Waals surface area contributed by atoms with Crippen molar-refractivity contribution in [3.05, 3.63) is 46.0 Å². The predicted molar refractivity (Wildman–Crippen MR) is 115 cm³/mol. The van der Waals surface area contributed by atoms with E-state index in [0.29, 0.717) is 5.56 Å². The van der Waals surface area contributed by atoms with Gasteiger partial charge in [0.25, 0.3) is 0 Å². The molecular weight excluding hydrogens is 474 g/mol. The Morgan fingerprint density at radius 3 is 1.80 bits per heavy atom. The number of hydrogen-bond acceptors (Lipinski definition) is 10. The molecule has 0 aliphatic carbocycles. The van der Waals surface area contributed by atoms with Crippen molar-refractivity contribution < 1.29 is 54.0 Å². The molecule has 0 saturated heterocycles. The molecule has 4 N–H and O–H groups in total. The number of nitrogens with zero attached hydrogens (tertiary/aromatic N) is 3. The number of rotatable bonds is 19. The molecule has 194 valence electrons. The van der Waals surface area contributed by atoms with Gasteiger partial charge in [0.15, 0.2) is 0 Å². The number of benzene rings is 1. The number of carboxylic acids is 4. The van der Waals surface area contributed by atoms with Crippen LogP contribution in [0.5, 0.6) is 0 Å². The summed E-state index contributed by atoms with van der Waals surface area (Å²) in [5, 5.41) is 47.4. The lowest BCUT2D eigenvalue weighted by atomic mass is 10.1. The first-order valence-corrected chi connectivity index (χ1v) is 10.2. The smallest absolute Gasteiger partial charge is 0.339 e. The summed E-state index contributed by atoms with van der Waals surface area (Å²) in [6, 6.07) is 8.10.